The Morgan fingerprint density at radius 1 is 1.22 bits per heavy atom. The molecule has 0 unspecified atom stereocenters. The zero-order valence-electron chi connectivity index (χ0n) is 13.7. The van der Waals surface area contributed by atoms with Crippen LogP contribution in [0.25, 0.3) is 10.9 Å². The molecule has 1 aliphatic rings. The molecule has 9 heteroatoms. The normalized spacial score (nSPS) is 13.1. The molecular formula is C18H12ClN3O4S. The first-order valence-electron chi connectivity index (χ1n) is 7.92. The Balaban J connectivity index is 1.53. The van der Waals surface area contributed by atoms with Gasteiger partial charge in [0.2, 0.25) is 5.91 Å². The summed E-state index contributed by atoms with van der Waals surface area (Å²) >= 11 is 7.34. The number of amides is 1. The number of H-pyrrole nitrogens is 1. The van der Waals surface area contributed by atoms with Crippen LogP contribution in [0.5, 0.6) is 0 Å². The van der Waals surface area contributed by atoms with E-state index in [2.05, 4.69) is 15.3 Å². The van der Waals surface area contributed by atoms with Gasteiger partial charge in [-0.3, -0.25) is 9.59 Å². The molecule has 136 valence electrons. The summed E-state index contributed by atoms with van der Waals surface area (Å²) in [5.74, 6) is -0.141. The van der Waals surface area contributed by atoms with E-state index in [1.807, 2.05) is 0 Å². The van der Waals surface area contributed by atoms with Crippen molar-refractivity contribution in [3.8, 4) is 0 Å². The van der Waals surface area contributed by atoms with Crippen molar-refractivity contribution in [3.63, 3.8) is 0 Å². The number of benzene rings is 2. The molecule has 0 spiro atoms. The molecule has 1 amide bonds. The molecule has 7 nitrogen and oxygen atoms in total. The molecule has 0 atom stereocenters. The van der Waals surface area contributed by atoms with Gasteiger partial charge in [0, 0.05) is 9.92 Å². The summed E-state index contributed by atoms with van der Waals surface area (Å²) in [6, 6.07) is 9.71. The number of aromatic nitrogens is 2. The van der Waals surface area contributed by atoms with Gasteiger partial charge in [0.05, 0.1) is 27.9 Å². The van der Waals surface area contributed by atoms with Crippen LogP contribution < -0.4 is 10.9 Å². The van der Waals surface area contributed by atoms with Gasteiger partial charge < -0.3 is 15.0 Å². The Morgan fingerprint density at radius 3 is 2.93 bits per heavy atom. The van der Waals surface area contributed by atoms with Crippen molar-refractivity contribution in [1.82, 2.24) is 9.97 Å². The molecule has 2 heterocycles. The first-order chi connectivity index (χ1) is 13.0. The molecule has 3 aromatic rings. The number of anilines is 1. The van der Waals surface area contributed by atoms with E-state index in [1.54, 1.807) is 36.4 Å². The van der Waals surface area contributed by atoms with Gasteiger partial charge in [0.1, 0.15) is 12.4 Å². The molecule has 4 rings (SSSR count). The molecule has 0 radical (unpaired) electrons. The maximum absolute atomic E-state index is 12.3. The Hall–Kier alpha value is -2.84. The zero-order chi connectivity index (χ0) is 19.0. The predicted octanol–water partition coefficient (Wildman–Crippen LogP) is 2.98. The number of rotatable bonds is 3. The zero-order valence-corrected chi connectivity index (χ0v) is 15.3. The van der Waals surface area contributed by atoms with Gasteiger partial charge in [0.15, 0.2) is 0 Å². The summed E-state index contributed by atoms with van der Waals surface area (Å²) < 4.78 is 5.24. The molecule has 27 heavy (non-hydrogen) atoms. The minimum atomic E-state index is -0.587. The fraction of sp³-hybridized carbons (Fsp3) is 0.111. The van der Waals surface area contributed by atoms with Gasteiger partial charge >= 0.3 is 5.97 Å². The second-order valence-electron chi connectivity index (χ2n) is 5.80. The molecule has 0 saturated carbocycles. The van der Waals surface area contributed by atoms with Crippen molar-refractivity contribution in [1.29, 1.82) is 0 Å². The van der Waals surface area contributed by atoms with Crippen LogP contribution in [0.15, 0.2) is 46.1 Å². The van der Waals surface area contributed by atoms with Gasteiger partial charge in [-0.15, -0.1) is 11.8 Å². The molecule has 0 saturated heterocycles. The number of ether oxygens (including phenoxy) is 1. The number of halogens is 1. The summed E-state index contributed by atoms with van der Waals surface area (Å²) in [5.41, 5.74) is 0.961. The highest BCUT2D eigenvalue weighted by Crippen LogP contribution is 2.32. The number of carbonyl (C=O) groups excluding carboxylic acids is 2. The van der Waals surface area contributed by atoms with Crippen molar-refractivity contribution in [2.75, 3.05) is 11.1 Å². The first kappa shape index (κ1) is 17.6. The van der Waals surface area contributed by atoms with Gasteiger partial charge in [-0.25, -0.2) is 9.78 Å². The third-order valence-corrected chi connectivity index (χ3v) is 5.21. The smallest absolute Gasteiger partial charge is 0.338 e. The standard InChI is InChI=1S/C18H12ClN3O4S/c19-10-2-3-11-12(6-10)20-15(22-17(11)24)7-26-18(25)9-1-4-14-13(5-9)21-16(23)8-27-14/h1-6H,7-8H2,(H,21,23)(H,20,22,24). The Bertz CT molecular complexity index is 1150. The largest absolute Gasteiger partial charge is 0.454 e. The number of nitrogens with one attached hydrogen (secondary N) is 2. The van der Waals surface area contributed by atoms with Crippen molar-refractivity contribution in [3.05, 3.63) is 63.2 Å². The minimum absolute atomic E-state index is 0.116. The van der Waals surface area contributed by atoms with Crippen LogP contribution in [0.4, 0.5) is 5.69 Å². The number of hydrogen-bond donors (Lipinski definition) is 2. The minimum Gasteiger partial charge on any atom is -0.454 e. The van der Waals surface area contributed by atoms with E-state index in [0.29, 0.717) is 32.9 Å². The highest BCUT2D eigenvalue weighted by atomic mass is 35.5. The van der Waals surface area contributed by atoms with Crippen molar-refractivity contribution in [2.45, 2.75) is 11.5 Å². The number of aromatic amines is 1. The van der Waals surface area contributed by atoms with Crippen LogP contribution >= 0.6 is 23.4 Å². The third-order valence-electron chi connectivity index (χ3n) is 3.91. The van der Waals surface area contributed by atoms with Crippen LogP contribution in [0.1, 0.15) is 16.2 Å². The van der Waals surface area contributed by atoms with Crippen LogP contribution in [0.2, 0.25) is 5.02 Å². The predicted molar refractivity (Wildman–Crippen MR) is 102 cm³/mol. The topological polar surface area (TPSA) is 101 Å². The van der Waals surface area contributed by atoms with Crippen molar-refractivity contribution in [2.24, 2.45) is 0 Å². The van der Waals surface area contributed by atoms with E-state index in [4.69, 9.17) is 16.3 Å². The number of nitrogens with zero attached hydrogens (tertiary/aromatic N) is 1. The first-order valence-corrected chi connectivity index (χ1v) is 9.28. The van der Waals surface area contributed by atoms with Gasteiger partial charge in [-0.05, 0) is 36.4 Å². The maximum atomic E-state index is 12.3. The lowest BCUT2D eigenvalue weighted by Gasteiger charge is -2.16. The lowest BCUT2D eigenvalue weighted by atomic mass is 10.2. The Kier molecular flexibility index (Phi) is 4.59. The van der Waals surface area contributed by atoms with E-state index < -0.39 is 5.97 Å². The third kappa shape index (κ3) is 3.67. The average Bonchev–Trinajstić information content (AvgIpc) is 2.65. The van der Waals surface area contributed by atoms with E-state index in [0.717, 1.165) is 4.90 Å². The highest BCUT2D eigenvalue weighted by molar-refractivity contribution is 8.00. The van der Waals surface area contributed by atoms with Crippen LogP contribution in [-0.4, -0.2) is 27.6 Å². The summed E-state index contributed by atoms with van der Waals surface area (Å²) in [6.07, 6.45) is 0. The van der Waals surface area contributed by atoms with Crippen LogP contribution in [0, 0.1) is 0 Å². The average molecular weight is 402 g/mol. The monoisotopic (exact) mass is 401 g/mol. The molecular weight excluding hydrogens is 390 g/mol. The van der Waals surface area contributed by atoms with Crippen LogP contribution in [-0.2, 0) is 16.1 Å². The van der Waals surface area contributed by atoms with E-state index in [-0.39, 0.29) is 23.9 Å². The molecule has 1 aliphatic heterocycles. The van der Waals surface area contributed by atoms with E-state index >= 15 is 0 Å². The fourth-order valence-corrected chi connectivity index (χ4v) is 3.61. The maximum Gasteiger partial charge on any atom is 0.338 e. The second-order valence-corrected chi connectivity index (χ2v) is 7.25. The van der Waals surface area contributed by atoms with Gasteiger partial charge in [-0.1, -0.05) is 11.6 Å². The Labute approximate surface area is 162 Å². The number of hydrogen-bond acceptors (Lipinski definition) is 6. The molecule has 2 aromatic carbocycles. The molecule has 0 fully saturated rings. The number of carbonyl (C=O) groups is 2. The number of thioether (sulfide) groups is 1. The SMILES string of the molecule is O=C1CSc2ccc(C(=O)OCc3nc4cc(Cl)ccc4c(=O)[nH]3)cc2N1. The van der Waals surface area contributed by atoms with E-state index in [1.165, 1.54) is 11.8 Å². The quantitative estimate of drug-likeness (QED) is 0.654. The van der Waals surface area contributed by atoms with Gasteiger partial charge in [0.25, 0.3) is 5.56 Å². The van der Waals surface area contributed by atoms with Crippen LogP contribution in [0.3, 0.4) is 0 Å². The lowest BCUT2D eigenvalue weighted by Crippen LogP contribution is -2.19. The number of esters is 1. The van der Waals surface area contributed by atoms with Gasteiger partial charge in [-0.2, -0.15) is 0 Å². The summed E-state index contributed by atoms with van der Waals surface area (Å²) in [4.78, 5) is 43.6. The Morgan fingerprint density at radius 2 is 2.07 bits per heavy atom. The lowest BCUT2D eigenvalue weighted by molar-refractivity contribution is -0.113. The summed E-state index contributed by atoms with van der Waals surface area (Å²) in [5, 5.41) is 3.58. The molecule has 0 bridgehead atoms. The summed E-state index contributed by atoms with van der Waals surface area (Å²) in [6.45, 7) is -0.200. The van der Waals surface area contributed by atoms with Crippen molar-refractivity contribution < 1.29 is 14.3 Å². The summed E-state index contributed by atoms with van der Waals surface area (Å²) in [7, 11) is 0. The molecule has 1 aromatic heterocycles. The van der Waals surface area contributed by atoms with Crippen molar-refractivity contribution >= 4 is 51.8 Å². The molecule has 2 N–H and O–H groups in total. The molecule has 0 aliphatic carbocycles. The fourth-order valence-electron chi connectivity index (χ4n) is 2.66. The highest BCUT2D eigenvalue weighted by Gasteiger charge is 2.18. The number of fused-ring (bicyclic) bond motifs is 2. The second kappa shape index (κ2) is 7.05. The van der Waals surface area contributed by atoms with E-state index in [9.17, 15) is 14.4 Å².